The number of nitrogens with zero attached hydrogens (tertiary/aromatic N) is 1. The molecule has 5 heteroatoms. The SMILES string of the molecule is CONc1cc(Cl)c(OCc2ccccc2)cc1CC#N. The minimum atomic E-state index is 0.241. The molecule has 0 saturated carbocycles. The quantitative estimate of drug-likeness (QED) is 0.821. The predicted molar refractivity (Wildman–Crippen MR) is 82.2 cm³/mol. The van der Waals surface area contributed by atoms with E-state index in [1.54, 1.807) is 12.1 Å². The largest absolute Gasteiger partial charge is 0.487 e. The van der Waals surface area contributed by atoms with Gasteiger partial charge in [0.2, 0.25) is 0 Å². The highest BCUT2D eigenvalue weighted by Crippen LogP contribution is 2.32. The van der Waals surface area contributed by atoms with Crippen LogP contribution < -0.4 is 10.2 Å². The summed E-state index contributed by atoms with van der Waals surface area (Å²) in [7, 11) is 1.50. The summed E-state index contributed by atoms with van der Waals surface area (Å²) in [5.74, 6) is 0.549. The third-order valence-electron chi connectivity index (χ3n) is 2.88. The fraction of sp³-hybridized carbons (Fsp3) is 0.188. The standard InChI is InChI=1S/C16H15ClN2O2/c1-20-19-15-10-14(17)16(9-13(15)7-8-18)21-11-12-5-3-2-4-6-12/h2-6,9-10,19H,7,11H2,1H3. The molecule has 0 aromatic heterocycles. The van der Waals surface area contributed by atoms with E-state index in [-0.39, 0.29) is 6.42 Å². The van der Waals surface area contributed by atoms with Crippen molar-refractivity contribution in [3.8, 4) is 11.8 Å². The summed E-state index contributed by atoms with van der Waals surface area (Å²) in [5.41, 5.74) is 5.20. The summed E-state index contributed by atoms with van der Waals surface area (Å²) in [6, 6.07) is 15.4. The van der Waals surface area contributed by atoms with Crippen LogP contribution in [-0.4, -0.2) is 7.11 Å². The fourth-order valence-electron chi connectivity index (χ4n) is 1.88. The zero-order chi connectivity index (χ0) is 15.1. The normalized spacial score (nSPS) is 9.95. The van der Waals surface area contributed by atoms with Gasteiger partial charge in [0.15, 0.2) is 0 Å². The van der Waals surface area contributed by atoms with Gasteiger partial charge in [0.25, 0.3) is 0 Å². The second kappa shape index (κ2) is 7.53. The molecular weight excluding hydrogens is 288 g/mol. The van der Waals surface area contributed by atoms with E-state index in [4.69, 9.17) is 26.4 Å². The van der Waals surface area contributed by atoms with E-state index in [1.165, 1.54) is 7.11 Å². The van der Waals surface area contributed by atoms with Crippen molar-refractivity contribution in [3.63, 3.8) is 0 Å². The van der Waals surface area contributed by atoms with Crippen LogP contribution in [-0.2, 0) is 17.9 Å². The summed E-state index contributed by atoms with van der Waals surface area (Å²) in [6.45, 7) is 0.420. The van der Waals surface area contributed by atoms with Gasteiger partial charge < -0.3 is 4.74 Å². The maximum absolute atomic E-state index is 8.89. The number of hydrogen-bond acceptors (Lipinski definition) is 4. The van der Waals surface area contributed by atoms with Gasteiger partial charge in [-0.05, 0) is 23.3 Å². The predicted octanol–water partition coefficient (Wildman–Crippen LogP) is 3.96. The van der Waals surface area contributed by atoms with Gasteiger partial charge in [-0.3, -0.25) is 10.3 Å². The number of hydrogen-bond donors (Lipinski definition) is 1. The molecule has 0 atom stereocenters. The van der Waals surface area contributed by atoms with Gasteiger partial charge in [-0.1, -0.05) is 41.9 Å². The summed E-state index contributed by atoms with van der Waals surface area (Å²) < 4.78 is 5.73. The molecule has 21 heavy (non-hydrogen) atoms. The van der Waals surface area contributed by atoms with Crippen molar-refractivity contribution in [1.82, 2.24) is 0 Å². The number of rotatable bonds is 6. The highest BCUT2D eigenvalue weighted by atomic mass is 35.5. The Balaban J connectivity index is 2.19. The molecule has 1 N–H and O–H groups in total. The zero-order valence-electron chi connectivity index (χ0n) is 11.6. The third kappa shape index (κ3) is 4.12. The Hall–Kier alpha value is -2.22. The molecule has 0 heterocycles. The Bertz CT molecular complexity index is 639. The van der Waals surface area contributed by atoms with E-state index < -0.39 is 0 Å². The van der Waals surface area contributed by atoms with Crippen LogP contribution in [0.5, 0.6) is 5.75 Å². The van der Waals surface area contributed by atoms with Crippen molar-refractivity contribution in [3.05, 3.63) is 58.6 Å². The first-order valence-corrected chi connectivity index (χ1v) is 6.77. The summed E-state index contributed by atoms with van der Waals surface area (Å²) in [5, 5.41) is 9.35. The van der Waals surface area contributed by atoms with Gasteiger partial charge in [0.05, 0.1) is 30.3 Å². The molecule has 0 radical (unpaired) electrons. The first-order chi connectivity index (χ1) is 10.2. The van der Waals surface area contributed by atoms with Crippen molar-refractivity contribution in [2.24, 2.45) is 0 Å². The number of nitriles is 1. The molecule has 0 unspecified atom stereocenters. The fourth-order valence-corrected chi connectivity index (χ4v) is 2.10. The summed E-state index contributed by atoms with van der Waals surface area (Å²) in [4.78, 5) is 4.88. The Morgan fingerprint density at radius 2 is 2.00 bits per heavy atom. The van der Waals surface area contributed by atoms with Gasteiger partial charge >= 0.3 is 0 Å². The van der Waals surface area contributed by atoms with Gasteiger partial charge in [-0.15, -0.1) is 0 Å². The lowest BCUT2D eigenvalue weighted by atomic mass is 10.1. The van der Waals surface area contributed by atoms with Gasteiger partial charge in [-0.2, -0.15) is 5.26 Å². The molecule has 2 rings (SSSR count). The zero-order valence-corrected chi connectivity index (χ0v) is 12.4. The lowest BCUT2D eigenvalue weighted by Gasteiger charge is -2.13. The number of benzene rings is 2. The lowest BCUT2D eigenvalue weighted by molar-refractivity contribution is 0.270. The van der Waals surface area contributed by atoms with Crippen molar-refractivity contribution in [1.29, 1.82) is 5.26 Å². The topological polar surface area (TPSA) is 54.3 Å². The van der Waals surface area contributed by atoms with Gasteiger partial charge in [-0.25, -0.2) is 0 Å². The molecule has 0 bridgehead atoms. The summed E-state index contributed by atoms with van der Waals surface area (Å²) >= 11 is 6.20. The second-order valence-electron chi connectivity index (χ2n) is 4.36. The van der Waals surface area contributed by atoms with E-state index in [9.17, 15) is 0 Å². The molecule has 0 saturated heterocycles. The molecular formula is C16H15ClN2O2. The molecule has 0 aliphatic rings. The highest BCUT2D eigenvalue weighted by Gasteiger charge is 2.10. The second-order valence-corrected chi connectivity index (χ2v) is 4.76. The van der Waals surface area contributed by atoms with Crippen LogP contribution in [0.15, 0.2) is 42.5 Å². The molecule has 0 aliphatic carbocycles. The molecule has 108 valence electrons. The average Bonchev–Trinajstić information content (AvgIpc) is 2.50. The van der Waals surface area contributed by atoms with E-state index in [0.717, 1.165) is 11.1 Å². The molecule has 0 aliphatic heterocycles. The van der Waals surface area contributed by atoms with Crippen molar-refractivity contribution in [2.45, 2.75) is 13.0 Å². The van der Waals surface area contributed by atoms with Crippen LogP contribution in [0.2, 0.25) is 5.02 Å². The monoisotopic (exact) mass is 302 g/mol. The van der Waals surface area contributed by atoms with Crippen LogP contribution in [0, 0.1) is 11.3 Å². The van der Waals surface area contributed by atoms with E-state index in [0.29, 0.717) is 23.1 Å². The van der Waals surface area contributed by atoms with E-state index >= 15 is 0 Å². The average molecular weight is 303 g/mol. The molecule has 0 spiro atoms. The molecule has 0 amide bonds. The first-order valence-electron chi connectivity index (χ1n) is 6.39. The molecule has 4 nitrogen and oxygen atoms in total. The van der Waals surface area contributed by atoms with Crippen LogP contribution in [0.25, 0.3) is 0 Å². The van der Waals surface area contributed by atoms with Crippen molar-refractivity contribution < 1.29 is 9.57 Å². The number of anilines is 1. The van der Waals surface area contributed by atoms with Crippen LogP contribution in [0.3, 0.4) is 0 Å². The lowest BCUT2D eigenvalue weighted by Crippen LogP contribution is -2.02. The Morgan fingerprint density at radius 1 is 1.24 bits per heavy atom. The minimum Gasteiger partial charge on any atom is -0.487 e. The van der Waals surface area contributed by atoms with Crippen LogP contribution >= 0.6 is 11.6 Å². The number of nitrogens with one attached hydrogen (secondary N) is 1. The summed E-state index contributed by atoms with van der Waals surface area (Å²) in [6.07, 6.45) is 0.241. The number of halogens is 1. The molecule has 2 aromatic rings. The maximum Gasteiger partial charge on any atom is 0.138 e. The van der Waals surface area contributed by atoms with E-state index in [1.807, 2.05) is 30.3 Å². The van der Waals surface area contributed by atoms with Crippen molar-refractivity contribution >= 4 is 17.3 Å². The van der Waals surface area contributed by atoms with Crippen molar-refractivity contribution in [2.75, 3.05) is 12.6 Å². The van der Waals surface area contributed by atoms with Gasteiger partial charge in [0.1, 0.15) is 12.4 Å². The molecule has 0 fully saturated rings. The third-order valence-corrected chi connectivity index (χ3v) is 3.17. The smallest absolute Gasteiger partial charge is 0.138 e. The first kappa shape index (κ1) is 15.2. The minimum absolute atomic E-state index is 0.241. The number of ether oxygens (including phenoxy) is 1. The molecule has 2 aromatic carbocycles. The van der Waals surface area contributed by atoms with Crippen LogP contribution in [0.1, 0.15) is 11.1 Å². The highest BCUT2D eigenvalue weighted by molar-refractivity contribution is 6.32. The van der Waals surface area contributed by atoms with Crippen LogP contribution in [0.4, 0.5) is 5.69 Å². The Labute approximate surface area is 128 Å². The maximum atomic E-state index is 8.89. The Morgan fingerprint density at radius 3 is 2.67 bits per heavy atom. The van der Waals surface area contributed by atoms with Gasteiger partial charge in [0, 0.05) is 0 Å². The Kier molecular flexibility index (Phi) is 5.44. The van der Waals surface area contributed by atoms with E-state index in [2.05, 4.69) is 11.5 Å².